The van der Waals surface area contributed by atoms with E-state index in [9.17, 15) is 14.4 Å². The molecule has 28 heavy (non-hydrogen) atoms. The molecule has 2 aromatic rings. The molecule has 0 fully saturated rings. The highest BCUT2D eigenvalue weighted by Gasteiger charge is 2.30. The van der Waals surface area contributed by atoms with Crippen molar-refractivity contribution in [1.29, 1.82) is 0 Å². The van der Waals surface area contributed by atoms with Crippen molar-refractivity contribution in [2.24, 2.45) is 0 Å². The topological polar surface area (TPSA) is 84.9 Å². The fraction of sp³-hybridized carbons (Fsp3) is 0.286. The van der Waals surface area contributed by atoms with Gasteiger partial charge in [0.2, 0.25) is 5.91 Å². The highest BCUT2D eigenvalue weighted by Crippen LogP contribution is 2.31. The maximum atomic E-state index is 12.8. The average molecular weight is 382 g/mol. The lowest BCUT2D eigenvalue weighted by Gasteiger charge is -2.27. The SMILES string of the molecule is COc1cccc(CC(=O)OCC(=O)N2c3ccccc3NC(=O)C[C@H]2C)c1. The van der Waals surface area contributed by atoms with Gasteiger partial charge in [-0.05, 0) is 36.8 Å². The molecule has 2 amide bonds. The number of rotatable bonds is 5. The van der Waals surface area contributed by atoms with E-state index in [4.69, 9.17) is 9.47 Å². The zero-order valence-corrected chi connectivity index (χ0v) is 15.8. The fourth-order valence-electron chi connectivity index (χ4n) is 3.18. The van der Waals surface area contributed by atoms with Crippen LogP contribution in [0.2, 0.25) is 0 Å². The van der Waals surface area contributed by atoms with Gasteiger partial charge in [-0.3, -0.25) is 14.4 Å². The second-order valence-corrected chi connectivity index (χ2v) is 6.57. The molecule has 0 unspecified atom stereocenters. The molecule has 1 aliphatic heterocycles. The second-order valence-electron chi connectivity index (χ2n) is 6.57. The summed E-state index contributed by atoms with van der Waals surface area (Å²) in [4.78, 5) is 38.4. The van der Waals surface area contributed by atoms with Gasteiger partial charge in [-0.15, -0.1) is 0 Å². The van der Waals surface area contributed by atoms with E-state index in [1.807, 2.05) is 0 Å². The summed E-state index contributed by atoms with van der Waals surface area (Å²) in [7, 11) is 1.55. The summed E-state index contributed by atoms with van der Waals surface area (Å²) in [5.41, 5.74) is 1.89. The van der Waals surface area contributed by atoms with E-state index in [1.165, 1.54) is 4.90 Å². The van der Waals surface area contributed by atoms with Crippen LogP contribution < -0.4 is 15.0 Å². The van der Waals surface area contributed by atoms with Gasteiger partial charge in [0, 0.05) is 12.5 Å². The van der Waals surface area contributed by atoms with E-state index in [0.717, 1.165) is 5.56 Å². The minimum atomic E-state index is -0.508. The van der Waals surface area contributed by atoms with Gasteiger partial charge in [0.15, 0.2) is 6.61 Å². The average Bonchev–Trinajstić information content (AvgIpc) is 2.80. The number of carbonyl (C=O) groups is 3. The van der Waals surface area contributed by atoms with E-state index >= 15 is 0 Å². The molecule has 0 aliphatic carbocycles. The highest BCUT2D eigenvalue weighted by molar-refractivity contribution is 6.05. The van der Waals surface area contributed by atoms with Gasteiger partial charge in [-0.25, -0.2) is 0 Å². The van der Waals surface area contributed by atoms with Crippen molar-refractivity contribution in [2.45, 2.75) is 25.8 Å². The number of nitrogens with zero attached hydrogens (tertiary/aromatic N) is 1. The Morgan fingerprint density at radius 3 is 2.75 bits per heavy atom. The predicted octanol–water partition coefficient (Wildman–Crippen LogP) is 2.54. The van der Waals surface area contributed by atoms with Crippen molar-refractivity contribution < 1.29 is 23.9 Å². The maximum absolute atomic E-state index is 12.8. The first-order valence-electron chi connectivity index (χ1n) is 8.97. The van der Waals surface area contributed by atoms with Crippen LogP contribution in [0.1, 0.15) is 18.9 Å². The van der Waals surface area contributed by atoms with E-state index in [1.54, 1.807) is 62.6 Å². The monoisotopic (exact) mass is 382 g/mol. The Morgan fingerprint density at radius 2 is 1.96 bits per heavy atom. The van der Waals surface area contributed by atoms with Crippen LogP contribution in [0.25, 0.3) is 0 Å². The third-order valence-corrected chi connectivity index (χ3v) is 4.47. The summed E-state index contributed by atoms with van der Waals surface area (Å²) < 4.78 is 10.3. The summed E-state index contributed by atoms with van der Waals surface area (Å²) in [5, 5.41) is 2.79. The number of para-hydroxylation sites is 2. The van der Waals surface area contributed by atoms with Gasteiger partial charge in [0.05, 0.1) is 24.9 Å². The molecule has 7 nitrogen and oxygen atoms in total. The van der Waals surface area contributed by atoms with Crippen LogP contribution in [0.15, 0.2) is 48.5 Å². The van der Waals surface area contributed by atoms with E-state index < -0.39 is 12.6 Å². The number of carbonyl (C=O) groups excluding carboxylic acids is 3. The van der Waals surface area contributed by atoms with Crippen LogP contribution in [0.4, 0.5) is 11.4 Å². The second kappa shape index (κ2) is 8.56. The number of nitrogens with one attached hydrogen (secondary N) is 1. The Balaban J connectivity index is 1.66. The van der Waals surface area contributed by atoms with Gasteiger partial charge >= 0.3 is 5.97 Å². The zero-order chi connectivity index (χ0) is 20.1. The number of fused-ring (bicyclic) bond motifs is 1. The molecule has 1 atom stereocenters. The van der Waals surface area contributed by atoms with Crippen LogP contribution in [-0.2, 0) is 25.5 Å². The van der Waals surface area contributed by atoms with Crippen LogP contribution in [-0.4, -0.2) is 37.5 Å². The Morgan fingerprint density at radius 1 is 1.18 bits per heavy atom. The molecule has 0 bridgehead atoms. The number of anilines is 2. The third kappa shape index (κ3) is 4.49. The lowest BCUT2D eigenvalue weighted by atomic mass is 10.1. The van der Waals surface area contributed by atoms with Gasteiger partial charge in [0.25, 0.3) is 5.91 Å². The van der Waals surface area contributed by atoms with E-state index in [0.29, 0.717) is 17.1 Å². The molecule has 7 heteroatoms. The van der Waals surface area contributed by atoms with Crippen molar-refractivity contribution in [1.82, 2.24) is 0 Å². The fourth-order valence-corrected chi connectivity index (χ4v) is 3.18. The van der Waals surface area contributed by atoms with Crippen LogP contribution >= 0.6 is 0 Å². The number of hydrogen-bond donors (Lipinski definition) is 1. The first-order chi connectivity index (χ1) is 13.5. The van der Waals surface area contributed by atoms with Crippen molar-refractivity contribution in [2.75, 3.05) is 23.9 Å². The number of esters is 1. The molecule has 1 heterocycles. The molecular weight excluding hydrogens is 360 g/mol. The molecule has 3 rings (SSSR count). The third-order valence-electron chi connectivity index (χ3n) is 4.47. The number of ether oxygens (including phenoxy) is 2. The zero-order valence-electron chi connectivity index (χ0n) is 15.8. The van der Waals surface area contributed by atoms with Crippen molar-refractivity contribution in [3.63, 3.8) is 0 Å². The predicted molar refractivity (Wildman–Crippen MR) is 104 cm³/mol. The van der Waals surface area contributed by atoms with Crippen molar-refractivity contribution in [3.8, 4) is 5.75 Å². The molecule has 0 spiro atoms. The Bertz CT molecular complexity index is 896. The van der Waals surface area contributed by atoms with Gasteiger partial charge in [-0.1, -0.05) is 24.3 Å². The number of amides is 2. The molecule has 0 saturated heterocycles. The largest absolute Gasteiger partial charge is 0.497 e. The minimum absolute atomic E-state index is 0.0384. The summed E-state index contributed by atoms with van der Waals surface area (Å²) in [5.74, 6) is -0.402. The molecule has 1 N–H and O–H groups in total. The molecule has 1 aliphatic rings. The number of benzene rings is 2. The summed E-state index contributed by atoms with van der Waals surface area (Å²) in [6.45, 7) is 1.40. The van der Waals surface area contributed by atoms with Gasteiger partial charge < -0.3 is 19.7 Å². The lowest BCUT2D eigenvalue weighted by Crippen LogP contribution is -2.41. The summed E-state index contributed by atoms with van der Waals surface area (Å²) in [6, 6.07) is 13.8. The summed E-state index contributed by atoms with van der Waals surface area (Å²) >= 11 is 0. The molecule has 0 aromatic heterocycles. The molecule has 0 saturated carbocycles. The van der Waals surface area contributed by atoms with Crippen LogP contribution in [0.5, 0.6) is 5.75 Å². The first-order valence-corrected chi connectivity index (χ1v) is 8.97. The Labute approximate surface area is 163 Å². The summed E-state index contributed by atoms with van der Waals surface area (Å²) in [6.07, 6.45) is 0.203. The van der Waals surface area contributed by atoms with Crippen LogP contribution in [0.3, 0.4) is 0 Å². The number of hydrogen-bond acceptors (Lipinski definition) is 5. The first kappa shape index (κ1) is 19.4. The standard InChI is InChI=1S/C21H22N2O5/c1-14-10-19(24)22-17-8-3-4-9-18(17)23(14)20(25)13-28-21(26)12-15-6-5-7-16(11-15)27-2/h3-9,11,14H,10,12-13H2,1-2H3,(H,22,24)/t14-/m1/s1. The number of methoxy groups -OCH3 is 1. The van der Waals surface area contributed by atoms with Gasteiger partial charge in [-0.2, -0.15) is 0 Å². The highest BCUT2D eigenvalue weighted by atomic mass is 16.5. The van der Waals surface area contributed by atoms with E-state index in [2.05, 4.69) is 5.32 Å². The smallest absolute Gasteiger partial charge is 0.310 e. The quantitative estimate of drug-likeness (QED) is 0.804. The minimum Gasteiger partial charge on any atom is -0.497 e. The molecule has 2 aromatic carbocycles. The molecule has 146 valence electrons. The Kier molecular flexibility index (Phi) is 5.93. The molecular formula is C21H22N2O5. The van der Waals surface area contributed by atoms with Crippen LogP contribution in [0, 0.1) is 0 Å². The van der Waals surface area contributed by atoms with Crippen molar-refractivity contribution in [3.05, 3.63) is 54.1 Å². The molecule has 0 radical (unpaired) electrons. The Hall–Kier alpha value is -3.35. The maximum Gasteiger partial charge on any atom is 0.310 e. The van der Waals surface area contributed by atoms with E-state index in [-0.39, 0.29) is 30.7 Å². The van der Waals surface area contributed by atoms with Gasteiger partial charge in [0.1, 0.15) is 5.75 Å². The lowest BCUT2D eigenvalue weighted by molar-refractivity contribution is -0.147. The normalized spacial score (nSPS) is 15.9. The van der Waals surface area contributed by atoms with Crippen molar-refractivity contribution >= 4 is 29.2 Å².